The summed E-state index contributed by atoms with van der Waals surface area (Å²) < 4.78 is 11.6. The Morgan fingerprint density at radius 3 is 1.13 bits per heavy atom. The first-order valence-corrected chi connectivity index (χ1v) is 31.3. The first-order chi connectivity index (χ1) is 44.4. The monoisotopic (exact) mass is 1170 g/mol. The molecule has 0 atom stereocenters. The highest BCUT2D eigenvalue weighted by molar-refractivity contribution is 6.12. The standard InChI is InChI=1S/C83H62N8/c1-82(2,3)59-36-42-70-65(48-59)66-49-60(83(4,5)6)37-43-71(66)89(70)79-64(58-35-41-73-77(47-58)91-75-45-56(53-24-14-8-15-25-53)33-39-69(75)86-81(91)88(73)62-30-20-11-21-31-62)50-63(78(67(79)51-84)54-26-16-9-17-27-54)57-34-40-72-76(46-57)90-74-44-55(52-22-12-7-13-23-52)32-38-68(74)85-80(90)87(72)61-28-18-10-19-29-61/h7-50H,1-6H3. The topological polar surface area (TPSA) is 73.2 Å². The van der Waals surface area contributed by atoms with Crippen LogP contribution in [0.2, 0.25) is 0 Å². The summed E-state index contributed by atoms with van der Waals surface area (Å²) in [4.78, 5) is 10.9. The Balaban J connectivity index is 1.02. The highest BCUT2D eigenvalue weighted by Gasteiger charge is 2.30. The van der Waals surface area contributed by atoms with Crippen LogP contribution in [0.4, 0.5) is 0 Å². The zero-order chi connectivity index (χ0) is 61.4. The van der Waals surface area contributed by atoms with Crippen LogP contribution in [0.25, 0.3) is 150 Å². The van der Waals surface area contributed by atoms with E-state index in [0.717, 1.165) is 150 Å². The minimum Gasteiger partial charge on any atom is -0.307 e. The largest absolute Gasteiger partial charge is 0.307 e. The fourth-order valence-corrected chi connectivity index (χ4v) is 14.1. The fraction of sp³-hybridized carbons (Fsp3) is 0.0964. The van der Waals surface area contributed by atoms with E-state index in [1.54, 1.807) is 0 Å². The number of rotatable bonds is 8. The molecular formula is C83H62N8. The number of hydrogen-bond acceptors (Lipinski definition) is 3. The molecule has 0 saturated carbocycles. The molecule has 17 aromatic rings. The Morgan fingerprint density at radius 1 is 0.319 bits per heavy atom. The molecule has 5 aromatic heterocycles. The summed E-state index contributed by atoms with van der Waals surface area (Å²) in [7, 11) is 0. The summed E-state index contributed by atoms with van der Waals surface area (Å²) in [6.45, 7) is 13.7. The maximum atomic E-state index is 12.6. The Bertz CT molecular complexity index is 5750. The molecule has 0 spiro atoms. The van der Waals surface area contributed by atoms with Crippen LogP contribution in [0.5, 0.6) is 0 Å². The van der Waals surface area contributed by atoms with Gasteiger partial charge in [-0.25, -0.2) is 9.97 Å². The SMILES string of the molecule is CC(C)(C)c1ccc2c(c1)c1cc(C(C)(C)C)ccc1n2-c1c(-c2ccc3c(c2)n2c4cc(-c5ccccc5)ccc4nc2n3-c2ccccc2)cc(-c2ccc3c(c2)n2c4cc(-c5ccccc5)ccc4nc2n3-c2ccccc2)c(-c2ccccc2)c1C#N. The van der Waals surface area contributed by atoms with Crippen LogP contribution in [0.1, 0.15) is 58.2 Å². The quantitative estimate of drug-likeness (QED) is 0.152. The molecule has 5 heterocycles. The lowest BCUT2D eigenvalue weighted by Crippen LogP contribution is -2.10. The second-order valence-corrected chi connectivity index (χ2v) is 26.2. The third-order valence-corrected chi connectivity index (χ3v) is 18.6. The van der Waals surface area contributed by atoms with Crippen LogP contribution in [0, 0.1) is 11.3 Å². The third kappa shape index (κ3) is 8.49. The lowest BCUT2D eigenvalue weighted by molar-refractivity contribution is 0.590. The van der Waals surface area contributed by atoms with E-state index in [0.29, 0.717) is 5.56 Å². The Kier molecular flexibility index (Phi) is 12.0. The van der Waals surface area contributed by atoms with Crippen molar-refractivity contribution in [3.63, 3.8) is 0 Å². The molecule has 0 aliphatic rings. The number of fused-ring (bicyclic) bond motifs is 13. The van der Waals surface area contributed by atoms with Gasteiger partial charge in [0.1, 0.15) is 6.07 Å². The summed E-state index contributed by atoms with van der Waals surface area (Å²) in [6.07, 6.45) is 0. The second kappa shape index (κ2) is 20.3. The van der Waals surface area contributed by atoms with Gasteiger partial charge in [-0.3, -0.25) is 17.9 Å². The molecule has 0 aliphatic heterocycles. The van der Waals surface area contributed by atoms with E-state index in [4.69, 9.17) is 9.97 Å². The molecule has 0 aliphatic carbocycles. The normalized spacial score (nSPS) is 12.3. The molecule has 17 rings (SSSR count). The van der Waals surface area contributed by atoms with Crippen molar-refractivity contribution in [2.45, 2.75) is 52.4 Å². The van der Waals surface area contributed by atoms with Gasteiger partial charge in [0.2, 0.25) is 11.6 Å². The van der Waals surface area contributed by atoms with E-state index in [1.807, 2.05) is 0 Å². The smallest absolute Gasteiger partial charge is 0.220 e. The minimum atomic E-state index is -0.118. The lowest BCUT2D eigenvalue weighted by Gasteiger charge is -2.23. The Morgan fingerprint density at radius 2 is 0.703 bits per heavy atom. The van der Waals surface area contributed by atoms with Crippen LogP contribution in [-0.4, -0.2) is 32.5 Å². The van der Waals surface area contributed by atoms with E-state index in [2.05, 4.69) is 337 Å². The van der Waals surface area contributed by atoms with E-state index >= 15 is 0 Å². The van der Waals surface area contributed by atoms with Gasteiger partial charge in [-0.05, 0) is 170 Å². The van der Waals surface area contributed by atoms with Crippen molar-refractivity contribution in [2.24, 2.45) is 0 Å². The highest BCUT2D eigenvalue weighted by atomic mass is 15.2. The van der Waals surface area contributed by atoms with Gasteiger partial charge in [-0.1, -0.05) is 205 Å². The van der Waals surface area contributed by atoms with E-state index in [9.17, 15) is 5.26 Å². The molecule has 0 radical (unpaired) electrons. The molecule has 91 heavy (non-hydrogen) atoms. The third-order valence-electron chi connectivity index (χ3n) is 18.6. The second-order valence-electron chi connectivity index (χ2n) is 26.2. The van der Waals surface area contributed by atoms with Crippen LogP contribution in [-0.2, 0) is 10.8 Å². The Labute approximate surface area is 527 Å². The number of para-hydroxylation sites is 2. The molecule has 0 bridgehead atoms. The predicted octanol–water partition coefficient (Wildman–Crippen LogP) is 21.1. The van der Waals surface area contributed by atoms with Crippen LogP contribution in [0.3, 0.4) is 0 Å². The number of imidazole rings is 4. The number of nitriles is 1. The fourth-order valence-electron chi connectivity index (χ4n) is 14.1. The van der Waals surface area contributed by atoms with Gasteiger partial charge >= 0.3 is 0 Å². The van der Waals surface area contributed by atoms with Crippen LogP contribution < -0.4 is 0 Å². The van der Waals surface area contributed by atoms with Gasteiger partial charge in [0, 0.05) is 33.3 Å². The van der Waals surface area contributed by atoms with Crippen molar-refractivity contribution in [2.75, 3.05) is 0 Å². The predicted molar refractivity (Wildman–Crippen MR) is 376 cm³/mol. The van der Waals surface area contributed by atoms with Crippen molar-refractivity contribution < 1.29 is 0 Å². The highest BCUT2D eigenvalue weighted by Crippen LogP contribution is 2.49. The molecule has 8 heteroatoms. The maximum Gasteiger partial charge on any atom is 0.220 e. The molecule has 434 valence electrons. The minimum absolute atomic E-state index is 0.118. The van der Waals surface area contributed by atoms with Crippen molar-refractivity contribution in [1.29, 1.82) is 5.26 Å². The van der Waals surface area contributed by atoms with Crippen molar-refractivity contribution in [1.82, 2.24) is 32.5 Å². The first kappa shape index (κ1) is 53.7. The molecular weight excluding hydrogens is 1110 g/mol. The average Bonchev–Trinajstić information content (AvgIpc) is 1.60. The van der Waals surface area contributed by atoms with Gasteiger partial charge in [0.15, 0.2) is 0 Å². The van der Waals surface area contributed by atoms with Crippen LogP contribution >= 0.6 is 0 Å². The van der Waals surface area contributed by atoms with E-state index in [1.165, 1.54) is 11.1 Å². The molecule has 0 amide bonds. The van der Waals surface area contributed by atoms with Crippen molar-refractivity contribution in [3.05, 3.63) is 284 Å². The van der Waals surface area contributed by atoms with Gasteiger partial charge in [-0.15, -0.1) is 0 Å². The molecule has 0 fully saturated rings. The summed E-state index contributed by atoms with van der Waals surface area (Å²) >= 11 is 0. The zero-order valence-corrected chi connectivity index (χ0v) is 51.5. The van der Waals surface area contributed by atoms with Gasteiger partial charge < -0.3 is 4.57 Å². The van der Waals surface area contributed by atoms with Crippen molar-refractivity contribution >= 4 is 77.5 Å². The molecule has 8 nitrogen and oxygen atoms in total. The zero-order valence-electron chi connectivity index (χ0n) is 51.5. The number of aromatic nitrogens is 7. The molecule has 0 saturated heterocycles. The Hall–Kier alpha value is -11.5. The molecule has 12 aromatic carbocycles. The molecule has 0 unspecified atom stereocenters. The summed E-state index contributed by atoms with van der Waals surface area (Å²) in [6, 6.07) is 98.8. The number of hydrogen-bond donors (Lipinski definition) is 0. The van der Waals surface area contributed by atoms with Gasteiger partial charge in [-0.2, -0.15) is 5.26 Å². The van der Waals surface area contributed by atoms with Crippen molar-refractivity contribution in [3.8, 4) is 78.8 Å². The summed E-state index contributed by atoms with van der Waals surface area (Å²) in [5.74, 6) is 1.63. The van der Waals surface area contributed by atoms with E-state index in [-0.39, 0.29) is 10.8 Å². The van der Waals surface area contributed by atoms with E-state index < -0.39 is 0 Å². The lowest BCUT2D eigenvalue weighted by atomic mass is 9.85. The first-order valence-electron chi connectivity index (χ1n) is 31.3. The summed E-state index contributed by atoms with van der Waals surface area (Å²) in [5.41, 5.74) is 25.6. The summed E-state index contributed by atoms with van der Waals surface area (Å²) in [5, 5.41) is 14.8. The number of nitrogens with zero attached hydrogens (tertiary/aromatic N) is 8. The van der Waals surface area contributed by atoms with Gasteiger partial charge in [0.05, 0.1) is 66.4 Å². The average molecular weight is 1170 g/mol. The number of benzene rings is 12. The molecule has 0 N–H and O–H groups in total. The van der Waals surface area contributed by atoms with Crippen LogP contribution in [0.15, 0.2) is 267 Å². The van der Waals surface area contributed by atoms with Gasteiger partial charge in [0.25, 0.3) is 0 Å². The maximum absolute atomic E-state index is 12.6.